The van der Waals surface area contributed by atoms with Crippen molar-refractivity contribution in [1.29, 1.82) is 0 Å². The largest absolute Gasteiger partial charge is 0.409 e. The maximum Gasteiger partial charge on any atom is 0.193 e. The minimum absolute atomic E-state index is 0.140. The van der Waals surface area contributed by atoms with Crippen LogP contribution in [0.2, 0.25) is 18.1 Å². The van der Waals surface area contributed by atoms with Crippen molar-refractivity contribution in [2.75, 3.05) is 11.5 Å². The van der Waals surface area contributed by atoms with Crippen molar-refractivity contribution in [2.24, 2.45) is 22.7 Å². The van der Waals surface area contributed by atoms with Gasteiger partial charge in [0.25, 0.3) is 0 Å². The van der Waals surface area contributed by atoms with Gasteiger partial charge >= 0.3 is 0 Å². The molecule has 202 valence electrons. The molecule has 0 aromatic rings. The number of rotatable bonds is 11. The quantitative estimate of drug-likeness (QED) is 0.150. The SMILES string of the molecule is CC[Si](CC)(CC)OC(C)(C)/C=C\CSCCC1=CC[C@H]2C3=CC=C4CCCC[C@]4(C)[C@H]3CC[C@]12C. The standard InChI is InChI=1S/C33H54OSSi/c1-8-36(9-2,10-3)34-31(4,5)21-13-24-35-25-20-27-16-18-29-28-17-15-26-14-11-12-22-32(26,6)30(28)19-23-33(27,29)7/h13,15-17,21,29-30H,8-12,14,18-20,22-25H2,1-7H3/b21-13-/t29-,30-,32-,33+/m0/s1. The number of hydrogen-bond acceptors (Lipinski definition) is 2. The lowest BCUT2D eigenvalue weighted by molar-refractivity contribution is 0.110. The van der Waals surface area contributed by atoms with Crippen LogP contribution >= 0.6 is 11.8 Å². The minimum atomic E-state index is -1.57. The molecular weight excluding hydrogens is 473 g/mol. The van der Waals surface area contributed by atoms with E-state index in [1.54, 1.807) is 11.1 Å². The zero-order chi connectivity index (χ0) is 26.0. The van der Waals surface area contributed by atoms with Gasteiger partial charge in [0.15, 0.2) is 8.32 Å². The van der Waals surface area contributed by atoms with Crippen molar-refractivity contribution in [1.82, 2.24) is 0 Å². The van der Waals surface area contributed by atoms with E-state index in [0.29, 0.717) is 10.8 Å². The molecule has 0 radical (unpaired) electrons. The van der Waals surface area contributed by atoms with Gasteiger partial charge in [-0.25, -0.2) is 0 Å². The van der Waals surface area contributed by atoms with Gasteiger partial charge in [-0.15, -0.1) is 0 Å². The van der Waals surface area contributed by atoms with Crippen molar-refractivity contribution >= 4 is 20.1 Å². The summed E-state index contributed by atoms with van der Waals surface area (Å²) in [5.41, 5.74) is 6.06. The second kappa shape index (κ2) is 11.3. The van der Waals surface area contributed by atoms with E-state index in [1.165, 1.54) is 75.3 Å². The molecule has 0 amide bonds. The normalized spacial score (nSPS) is 32.5. The van der Waals surface area contributed by atoms with Crippen molar-refractivity contribution in [3.63, 3.8) is 0 Å². The first-order valence-corrected chi connectivity index (χ1v) is 18.9. The maximum absolute atomic E-state index is 6.74. The topological polar surface area (TPSA) is 9.23 Å². The van der Waals surface area contributed by atoms with E-state index in [4.69, 9.17) is 4.43 Å². The van der Waals surface area contributed by atoms with Gasteiger partial charge in [-0.2, -0.15) is 11.8 Å². The fourth-order valence-electron chi connectivity index (χ4n) is 8.32. The molecular formula is C33H54OSSi. The highest BCUT2D eigenvalue weighted by atomic mass is 32.2. The van der Waals surface area contributed by atoms with Gasteiger partial charge in [0.1, 0.15) is 0 Å². The molecule has 4 atom stereocenters. The summed E-state index contributed by atoms with van der Waals surface area (Å²) in [6, 6.07) is 3.65. The first-order chi connectivity index (χ1) is 17.1. The Morgan fingerprint density at radius 1 is 1.03 bits per heavy atom. The van der Waals surface area contributed by atoms with Crippen LogP contribution in [0.1, 0.15) is 99.8 Å². The molecule has 0 saturated heterocycles. The Labute approximate surface area is 228 Å². The van der Waals surface area contributed by atoms with Gasteiger partial charge in [-0.1, -0.05) is 88.1 Å². The predicted molar refractivity (Wildman–Crippen MR) is 163 cm³/mol. The first kappa shape index (κ1) is 28.5. The molecule has 0 heterocycles. The molecule has 3 heteroatoms. The average Bonchev–Trinajstić information content (AvgIpc) is 3.20. The lowest BCUT2D eigenvalue weighted by Crippen LogP contribution is -2.44. The van der Waals surface area contributed by atoms with E-state index in [1.807, 2.05) is 5.57 Å². The van der Waals surface area contributed by atoms with Gasteiger partial charge in [0.05, 0.1) is 5.60 Å². The fraction of sp³-hybridized carbons (Fsp3) is 0.758. The third-order valence-electron chi connectivity index (χ3n) is 10.9. The highest BCUT2D eigenvalue weighted by Gasteiger charge is 2.53. The van der Waals surface area contributed by atoms with E-state index in [-0.39, 0.29) is 5.60 Å². The van der Waals surface area contributed by atoms with Crippen molar-refractivity contribution in [3.8, 4) is 0 Å². The highest BCUT2D eigenvalue weighted by Crippen LogP contribution is 2.63. The molecule has 4 aliphatic rings. The van der Waals surface area contributed by atoms with E-state index < -0.39 is 8.32 Å². The first-order valence-electron chi connectivity index (χ1n) is 15.2. The molecule has 2 fully saturated rings. The van der Waals surface area contributed by atoms with Crippen molar-refractivity contribution < 1.29 is 4.43 Å². The van der Waals surface area contributed by atoms with Crippen LogP contribution in [0.25, 0.3) is 0 Å². The zero-order valence-corrected chi connectivity index (χ0v) is 26.4. The van der Waals surface area contributed by atoms with Crippen LogP contribution in [0, 0.1) is 22.7 Å². The van der Waals surface area contributed by atoms with Crippen LogP contribution in [-0.4, -0.2) is 25.4 Å². The van der Waals surface area contributed by atoms with E-state index >= 15 is 0 Å². The lowest BCUT2D eigenvalue weighted by atomic mass is 9.50. The molecule has 0 N–H and O–H groups in total. The summed E-state index contributed by atoms with van der Waals surface area (Å²) in [4.78, 5) is 0. The van der Waals surface area contributed by atoms with Crippen molar-refractivity contribution in [2.45, 2.75) is 124 Å². The molecule has 0 unspecified atom stereocenters. The van der Waals surface area contributed by atoms with Crippen LogP contribution in [0.4, 0.5) is 0 Å². The number of fused-ring (bicyclic) bond motifs is 5. The summed E-state index contributed by atoms with van der Waals surface area (Å²) >= 11 is 2.10. The number of hydrogen-bond donors (Lipinski definition) is 0. The summed E-state index contributed by atoms with van der Waals surface area (Å²) in [6.07, 6.45) is 23.4. The lowest BCUT2D eigenvalue weighted by Gasteiger charge is -2.54. The average molecular weight is 527 g/mol. The molecule has 4 aliphatic carbocycles. The molecule has 0 aromatic carbocycles. The third kappa shape index (κ3) is 5.46. The Kier molecular flexibility index (Phi) is 8.95. The summed E-state index contributed by atoms with van der Waals surface area (Å²) in [7, 11) is -1.57. The second-order valence-corrected chi connectivity index (χ2v) is 19.0. The van der Waals surface area contributed by atoms with Gasteiger partial charge in [0.2, 0.25) is 0 Å². The molecule has 36 heavy (non-hydrogen) atoms. The maximum atomic E-state index is 6.74. The Morgan fingerprint density at radius 3 is 2.50 bits per heavy atom. The summed E-state index contributed by atoms with van der Waals surface area (Å²) in [6.45, 7) is 16.7. The molecule has 2 saturated carbocycles. The van der Waals surface area contributed by atoms with E-state index in [2.05, 4.69) is 90.6 Å². The predicted octanol–water partition coefficient (Wildman–Crippen LogP) is 10.3. The number of thioether (sulfide) groups is 1. The van der Waals surface area contributed by atoms with Crippen LogP contribution < -0.4 is 0 Å². The van der Waals surface area contributed by atoms with Crippen LogP contribution in [0.5, 0.6) is 0 Å². The summed E-state index contributed by atoms with van der Waals surface area (Å²) in [5.74, 6) is 3.90. The Balaban J connectivity index is 1.29. The molecule has 0 bridgehead atoms. The molecule has 0 aliphatic heterocycles. The van der Waals surface area contributed by atoms with E-state index in [0.717, 1.165) is 17.6 Å². The van der Waals surface area contributed by atoms with Crippen LogP contribution in [-0.2, 0) is 4.43 Å². The minimum Gasteiger partial charge on any atom is -0.409 e. The molecule has 1 nitrogen and oxygen atoms in total. The molecule has 0 aromatic heterocycles. The van der Waals surface area contributed by atoms with Gasteiger partial charge < -0.3 is 4.43 Å². The fourth-order valence-corrected chi connectivity index (χ4v) is 12.2. The Morgan fingerprint density at radius 2 is 1.78 bits per heavy atom. The second-order valence-electron chi connectivity index (χ2n) is 13.2. The highest BCUT2D eigenvalue weighted by molar-refractivity contribution is 7.99. The monoisotopic (exact) mass is 526 g/mol. The summed E-state index contributed by atoms with van der Waals surface area (Å²) < 4.78 is 6.74. The number of allylic oxidation sites excluding steroid dienone is 6. The van der Waals surface area contributed by atoms with Gasteiger partial charge in [0, 0.05) is 5.75 Å². The zero-order valence-electron chi connectivity index (χ0n) is 24.6. The van der Waals surface area contributed by atoms with Gasteiger partial charge in [-0.05, 0) is 105 Å². The van der Waals surface area contributed by atoms with E-state index in [9.17, 15) is 0 Å². The Hall–Kier alpha value is -0.513. The van der Waals surface area contributed by atoms with Crippen LogP contribution in [0.3, 0.4) is 0 Å². The smallest absolute Gasteiger partial charge is 0.193 e. The summed E-state index contributed by atoms with van der Waals surface area (Å²) in [5, 5.41) is 0. The third-order valence-corrected chi connectivity index (χ3v) is 16.6. The molecule has 4 rings (SSSR count). The Bertz CT molecular complexity index is 898. The van der Waals surface area contributed by atoms with Crippen LogP contribution in [0.15, 0.2) is 47.1 Å². The van der Waals surface area contributed by atoms with Gasteiger partial charge in [-0.3, -0.25) is 0 Å². The molecule has 0 spiro atoms. The van der Waals surface area contributed by atoms with Crippen molar-refractivity contribution in [3.05, 3.63) is 47.1 Å².